The van der Waals surface area contributed by atoms with Crippen LogP contribution in [-0.4, -0.2) is 29.4 Å². The van der Waals surface area contributed by atoms with Crippen molar-refractivity contribution in [1.29, 1.82) is 0 Å². The molecule has 0 radical (unpaired) electrons. The van der Waals surface area contributed by atoms with Crippen LogP contribution in [0.2, 0.25) is 0 Å². The van der Waals surface area contributed by atoms with Crippen LogP contribution in [0.25, 0.3) is 0 Å². The van der Waals surface area contributed by atoms with Crippen LogP contribution in [0.4, 0.5) is 0 Å². The molecule has 0 aromatic heterocycles. The summed E-state index contributed by atoms with van der Waals surface area (Å²) in [7, 11) is -3.88. The number of hydrogen-bond acceptors (Lipinski definition) is 3. The van der Waals surface area contributed by atoms with Gasteiger partial charge in [-0.25, -0.2) is 0 Å². The average Bonchev–Trinajstić information content (AvgIpc) is 2.45. The topological polar surface area (TPSA) is 74.6 Å². The Balaban J connectivity index is 3.59. The molecule has 2 atom stereocenters. The van der Waals surface area contributed by atoms with E-state index in [-0.39, 0.29) is 6.10 Å². The third kappa shape index (κ3) is 15.2. The summed E-state index contributed by atoms with van der Waals surface area (Å²) >= 11 is 0. The Labute approximate surface area is 143 Å². The first-order valence-corrected chi connectivity index (χ1v) is 11.0. The second kappa shape index (κ2) is 14.2. The minimum atomic E-state index is -3.88. The van der Waals surface area contributed by atoms with Gasteiger partial charge >= 0.3 is 0 Å². The Morgan fingerprint density at radius 3 is 1.52 bits per heavy atom. The third-order valence-electron chi connectivity index (χ3n) is 4.45. The van der Waals surface area contributed by atoms with Gasteiger partial charge in [-0.2, -0.15) is 8.42 Å². The molecule has 0 heterocycles. The van der Waals surface area contributed by atoms with Crippen molar-refractivity contribution in [3.63, 3.8) is 0 Å². The van der Waals surface area contributed by atoms with Crippen LogP contribution in [-0.2, 0) is 10.1 Å². The van der Waals surface area contributed by atoms with Crippen molar-refractivity contribution in [1.82, 2.24) is 0 Å². The van der Waals surface area contributed by atoms with Gasteiger partial charge < -0.3 is 5.11 Å². The number of unbranched alkanes of at least 4 members (excludes halogenated alkanes) is 9. The van der Waals surface area contributed by atoms with Crippen LogP contribution in [0.3, 0.4) is 0 Å². The SMILES string of the molecule is CCCCCC(CCCCCCCCCCC(C)O)S(=O)(=O)O. The molecule has 2 unspecified atom stereocenters. The van der Waals surface area contributed by atoms with Gasteiger partial charge in [0.15, 0.2) is 0 Å². The van der Waals surface area contributed by atoms with Crippen LogP contribution in [0.15, 0.2) is 0 Å². The van der Waals surface area contributed by atoms with Gasteiger partial charge in [-0.3, -0.25) is 4.55 Å². The van der Waals surface area contributed by atoms with Crippen LogP contribution in [0.5, 0.6) is 0 Å². The highest BCUT2D eigenvalue weighted by Gasteiger charge is 2.21. The van der Waals surface area contributed by atoms with Gasteiger partial charge in [0.2, 0.25) is 0 Å². The molecule has 4 nitrogen and oxygen atoms in total. The second-order valence-electron chi connectivity index (χ2n) is 6.89. The van der Waals surface area contributed by atoms with Crippen molar-refractivity contribution in [2.75, 3.05) is 0 Å². The molecule has 0 aliphatic heterocycles. The summed E-state index contributed by atoms with van der Waals surface area (Å²) in [5, 5.41) is 8.60. The van der Waals surface area contributed by atoms with Crippen molar-refractivity contribution in [2.24, 2.45) is 0 Å². The largest absolute Gasteiger partial charge is 0.393 e. The van der Waals surface area contributed by atoms with E-state index in [1.165, 1.54) is 25.7 Å². The summed E-state index contributed by atoms with van der Waals surface area (Å²) in [5.41, 5.74) is 0. The van der Waals surface area contributed by atoms with Gasteiger partial charge in [-0.1, -0.05) is 77.6 Å². The fourth-order valence-electron chi connectivity index (χ4n) is 2.94. The van der Waals surface area contributed by atoms with E-state index in [9.17, 15) is 13.0 Å². The lowest BCUT2D eigenvalue weighted by atomic mass is 10.0. The third-order valence-corrected chi connectivity index (χ3v) is 5.76. The Bertz CT molecular complexity index is 352. The van der Waals surface area contributed by atoms with Crippen molar-refractivity contribution in [3.8, 4) is 0 Å². The first kappa shape index (κ1) is 22.9. The molecule has 0 spiro atoms. The second-order valence-corrected chi connectivity index (χ2v) is 8.58. The first-order chi connectivity index (χ1) is 10.9. The molecular weight excluding hydrogens is 312 g/mol. The fraction of sp³-hybridized carbons (Fsp3) is 1.00. The van der Waals surface area contributed by atoms with E-state index in [1.54, 1.807) is 0 Å². The van der Waals surface area contributed by atoms with E-state index in [0.717, 1.165) is 51.4 Å². The van der Waals surface area contributed by atoms with Gasteiger partial charge in [0.25, 0.3) is 10.1 Å². The van der Waals surface area contributed by atoms with Crippen molar-refractivity contribution in [3.05, 3.63) is 0 Å². The molecule has 0 saturated carbocycles. The fourth-order valence-corrected chi connectivity index (χ4v) is 3.87. The maximum Gasteiger partial charge on any atom is 0.267 e. The summed E-state index contributed by atoms with van der Waals surface area (Å²) < 4.78 is 32.0. The minimum Gasteiger partial charge on any atom is -0.393 e. The Hall–Kier alpha value is -0.130. The van der Waals surface area contributed by atoms with Crippen molar-refractivity contribution >= 4 is 10.1 Å². The predicted octanol–water partition coefficient (Wildman–Crippen LogP) is 5.10. The van der Waals surface area contributed by atoms with Crippen LogP contribution < -0.4 is 0 Å². The monoisotopic (exact) mass is 350 g/mol. The molecule has 0 rings (SSSR count). The lowest BCUT2D eigenvalue weighted by molar-refractivity contribution is 0.180. The smallest absolute Gasteiger partial charge is 0.267 e. The highest BCUT2D eigenvalue weighted by Crippen LogP contribution is 2.18. The normalized spacial score (nSPS) is 14.8. The molecule has 0 aliphatic carbocycles. The summed E-state index contributed by atoms with van der Waals surface area (Å²) in [6, 6.07) is 0. The van der Waals surface area contributed by atoms with Gasteiger partial charge in [0.1, 0.15) is 0 Å². The van der Waals surface area contributed by atoms with E-state index in [0.29, 0.717) is 12.8 Å². The maximum absolute atomic E-state index is 11.4. The zero-order valence-corrected chi connectivity index (χ0v) is 16.0. The first-order valence-electron chi connectivity index (χ1n) is 9.52. The number of rotatable bonds is 16. The Kier molecular flexibility index (Phi) is 14.2. The summed E-state index contributed by atoms with van der Waals surface area (Å²) in [6.07, 6.45) is 13.9. The standard InChI is InChI=1S/C18H38O4S/c1-3-4-11-15-18(23(20,21)22)16-13-10-8-6-5-7-9-12-14-17(2)19/h17-19H,3-16H2,1-2H3,(H,20,21,22). The zero-order valence-electron chi connectivity index (χ0n) is 15.2. The van der Waals surface area contributed by atoms with Crippen LogP contribution >= 0.6 is 0 Å². The van der Waals surface area contributed by atoms with E-state index in [2.05, 4.69) is 6.92 Å². The summed E-state index contributed by atoms with van der Waals surface area (Å²) in [6.45, 7) is 3.93. The minimum absolute atomic E-state index is 0.178. The zero-order chi connectivity index (χ0) is 17.6. The summed E-state index contributed by atoms with van der Waals surface area (Å²) in [5.74, 6) is 0. The van der Waals surface area contributed by atoms with Crippen molar-refractivity contribution < 1.29 is 18.1 Å². The van der Waals surface area contributed by atoms with Crippen LogP contribution in [0.1, 0.15) is 104 Å². The van der Waals surface area contributed by atoms with Gasteiger partial charge in [0, 0.05) is 0 Å². The Morgan fingerprint density at radius 2 is 1.13 bits per heavy atom. The van der Waals surface area contributed by atoms with E-state index in [1.807, 2.05) is 6.92 Å². The highest BCUT2D eigenvalue weighted by atomic mass is 32.2. The van der Waals surface area contributed by atoms with Gasteiger partial charge in [-0.15, -0.1) is 0 Å². The molecule has 140 valence electrons. The van der Waals surface area contributed by atoms with Crippen LogP contribution in [0, 0.1) is 0 Å². The molecule has 23 heavy (non-hydrogen) atoms. The number of hydrogen-bond donors (Lipinski definition) is 2. The molecule has 0 bridgehead atoms. The molecule has 0 amide bonds. The molecule has 0 saturated heterocycles. The molecule has 0 aromatic carbocycles. The lowest BCUT2D eigenvalue weighted by Crippen LogP contribution is -2.20. The molecule has 5 heteroatoms. The molecule has 2 N–H and O–H groups in total. The number of aliphatic hydroxyl groups excluding tert-OH is 1. The molecular formula is C18H38O4S. The Morgan fingerprint density at radius 1 is 0.739 bits per heavy atom. The maximum atomic E-state index is 11.4. The average molecular weight is 351 g/mol. The van der Waals surface area contributed by atoms with E-state index < -0.39 is 15.4 Å². The van der Waals surface area contributed by atoms with Gasteiger partial charge in [0.05, 0.1) is 11.4 Å². The molecule has 0 aromatic rings. The highest BCUT2D eigenvalue weighted by molar-refractivity contribution is 7.86. The number of aliphatic hydroxyl groups is 1. The quantitative estimate of drug-likeness (QED) is 0.300. The van der Waals surface area contributed by atoms with Gasteiger partial charge in [-0.05, 0) is 26.2 Å². The van der Waals surface area contributed by atoms with E-state index >= 15 is 0 Å². The van der Waals surface area contributed by atoms with Crippen molar-refractivity contribution in [2.45, 2.75) is 115 Å². The lowest BCUT2D eigenvalue weighted by Gasteiger charge is -2.13. The predicted molar refractivity (Wildman–Crippen MR) is 97.3 cm³/mol. The summed E-state index contributed by atoms with van der Waals surface area (Å²) in [4.78, 5) is 0. The molecule has 0 aliphatic rings. The van der Waals surface area contributed by atoms with E-state index in [4.69, 9.17) is 5.11 Å². The molecule has 0 fully saturated rings.